The lowest BCUT2D eigenvalue weighted by Crippen LogP contribution is -2.33. The Hall–Kier alpha value is -2.78. The van der Waals surface area contributed by atoms with Crippen molar-refractivity contribution in [2.45, 2.75) is 76.0 Å². The molecule has 0 amide bonds. The van der Waals surface area contributed by atoms with Crippen LogP contribution in [0.1, 0.15) is 63.0 Å². The number of methoxy groups -OCH3 is 2. The van der Waals surface area contributed by atoms with Crippen LogP contribution in [0.25, 0.3) is 11.2 Å². The van der Waals surface area contributed by atoms with Gasteiger partial charge in [0.2, 0.25) is 5.95 Å². The predicted octanol–water partition coefficient (Wildman–Crippen LogP) is 4.67. The van der Waals surface area contributed by atoms with Crippen LogP contribution in [-0.4, -0.2) is 45.8 Å². The third-order valence-electron chi connectivity index (χ3n) is 7.18. The number of rotatable bonds is 8. The van der Waals surface area contributed by atoms with Crippen LogP contribution in [0.15, 0.2) is 24.5 Å². The van der Waals surface area contributed by atoms with E-state index in [9.17, 15) is 0 Å². The first-order chi connectivity index (χ1) is 16.7. The number of hydrogen-bond donors (Lipinski definition) is 3. The summed E-state index contributed by atoms with van der Waals surface area (Å²) in [4.78, 5) is 14.5. The Morgan fingerprint density at radius 2 is 1.80 bits per heavy atom. The van der Waals surface area contributed by atoms with Gasteiger partial charge in [0.15, 0.2) is 28.5 Å². The van der Waals surface area contributed by atoms with Gasteiger partial charge in [0, 0.05) is 30.2 Å². The first kappa shape index (κ1) is 25.3. The van der Waals surface area contributed by atoms with Crippen molar-refractivity contribution in [3.8, 4) is 11.5 Å². The zero-order valence-corrected chi connectivity index (χ0v) is 21.3. The van der Waals surface area contributed by atoms with Gasteiger partial charge in [-0.2, -0.15) is 9.97 Å². The molecule has 5 rings (SSSR count). The van der Waals surface area contributed by atoms with Crippen LogP contribution in [0.2, 0.25) is 0 Å². The maximum atomic E-state index is 6.10. The summed E-state index contributed by atoms with van der Waals surface area (Å²) < 4.78 is 13.3. The van der Waals surface area contributed by atoms with Crippen molar-refractivity contribution in [3.63, 3.8) is 0 Å². The first-order valence-electron chi connectivity index (χ1n) is 12.4. The Bertz CT molecular complexity index is 1120. The van der Waals surface area contributed by atoms with E-state index in [0.29, 0.717) is 36.4 Å². The molecule has 9 nitrogen and oxygen atoms in total. The van der Waals surface area contributed by atoms with Gasteiger partial charge in [0.1, 0.15) is 0 Å². The Morgan fingerprint density at radius 1 is 1.03 bits per heavy atom. The number of halogens is 1. The largest absolute Gasteiger partial charge is 0.493 e. The summed E-state index contributed by atoms with van der Waals surface area (Å²) in [6.07, 6.45) is 10.9. The molecule has 4 N–H and O–H groups in total. The average molecular weight is 502 g/mol. The molecule has 2 heterocycles. The lowest BCUT2D eigenvalue weighted by atomic mass is 9.92. The fourth-order valence-electron chi connectivity index (χ4n) is 5.27. The van der Waals surface area contributed by atoms with Crippen LogP contribution < -0.4 is 25.8 Å². The van der Waals surface area contributed by atoms with Crippen LogP contribution in [0.5, 0.6) is 11.5 Å². The molecule has 0 atom stereocenters. The number of hydrogen-bond acceptors (Lipinski definition) is 8. The van der Waals surface area contributed by atoms with Gasteiger partial charge in [-0.15, -0.1) is 12.4 Å². The molecule has 35 heavy (non-hydrogen) atoms. The second-order valence-corrected chi connectivity index (χ2v) is 9.42. The molecular weight excluding hydrogens is 466 g/mol. The SMILES string of the molecule is COc1cccc(CNc2nc(NC3CCC(N)CC3)nc3c2ncn3C2CCCC2)c1OC.Cl. The van der Waals surface area contributed by atoms with Crippen molar-refractivity contribution in [2.24, 2.45) is 5.73 Å². The van der Waals surface area contributed by atoms with E-state index in [1.54, 1.807) is 14.2 Å². The average Bonchev–Trinajstić information content (AvgIpc) is 3.53. The first-order valence-corrected chi connectivity index (χ1v) is 12.4. The van der Waals surface area contributed by atoms with E-state index in [2.05, 4.69) is 15.2 Å². The summed E-state index contributed by atoms with van der Waals surface area (Å²) >= 11 is 0. The molecule has 2 fully saturated rings. The fraction of sp³-hybridized carbons (Fsp3) is 0.560. The van der Waals surface area contributed by atoms with Gasteiger partial charge in [-0.3, -0.25) is 0 Å². The van der Waals surface area contributed by atoms with Crippen LogP contribution in [0, 0.1) is 0 Å². The summed E-state index contributed by atoms with van der Waals surface area (Å²) in [5.41, 5.74) is 8.77. The number of benzene rings is 1. The highest BCUT2D eigenvalue weighted by Gasteiger charge is 2.24. The van der Waals surface area contributed by atoms with Crippen LogP contribution in [0.4, 0.5) is 11.8 Å². The lowest BCUT2D eigenvalue weighted by molar-refractivity contribution is 0.352. The minimum Gasteiger partial charge on any atom is -0.493 e. The number of aromatic nitrogens is 4. The second-order valence-electron chi connectivity index (χ2n) is 9.42. The molecular formula is C25H36ClN7O2. The number of imidazole rings is 1. The number of ether oxygens (including phenoxy) is 2. The monoisotopic (exact) mass is 501 g/mol. The van der Waals surface area contributed by atoms with Crippen molar-refractivity contribution in [1.82, 2.24) is 19.5 Å². The maximum absolute atomic E-state index is 6.10. The van der Waals surface area contributed by atoms with Gasteiger partial charge in [-0.25, -0.2) is 4.98 Å². The number of nitrogens with one attached hydrogen (secondary N) is 2. The Kier molecular flexibility index (Phi) is 8.18. The van der Waals surface area contributed by atoms with Crippen molar-refractivity contribution in [2.75, 3.05) is 24.9 Å². The number of nitrogens with zero attached hydrogens (tertiary/aromatic N) is 4. The molecule has 2 saturated carbocycles. The predicted molar refractivity (Wildman–Crippen MR) is 141 cm³/mol. The highest BCUT2D eigenvalue weighted by Crippen LogP contribution is 2.34. The van der Waals surface area contributed by atoms with Gasteiger partial charge >= 0.3 is 0 Å². The van der Waals surface area contributed by atoms with E-state index in [0.717, 1.165) is 54.0 Å². The minimum atomic E-state index is 0. The Balaban J connectivity index is 0.00000289. The standard InChI is InChI=1S/C25H35N7O2.ClH/c1-33-20-9-5-6-16(22(20)34-2)14-27-23-21-24(32(15-28-21)19-7-3-4-8-19)31-25(30-23)29-18-12-10-17(26)11-13-18;/h5-6,9,15,17-19H,3-4,7-8,10-14,26H2,1-2H3,(H2,27,29,30,31);1H. The zero-order chi connectivity index (χ0) is 23.5. The summed E-state index contributed by atoms with van der Waals surface area (Å²) in [5, 5.41) is 7.07. The molecule has 3 aromatic rings. The summed E-state index contributed by atoms with van der Waals surface area (Å²) in [5.74, 6) is 2.80. The van der Waals surface area contributed by atoms with Crippen LogP contribution in [-0.2, 0) is 6.54 Å². The third kappa shape index (κ3) is 5.41. The van der Waals surface area contributed by atoms with E-state index in [1.165, 1.54) is 25.7 Å². The molecule has 0 bridgehead atoms. The van der Waals surface area contributed by atoms with E-state index >= 15 is 0 Å². The van der Waals surface area contributed by atoms with Crippen molar-refractivity contribution >= 4 is 35.3 Å². The Labute approximate surface area is 212 Å². The van der Waals surface area contributed by atoms with Gasteiger partial charge in [-0.05, 0) is 44.6 Å². The topological polar surface area (TPSA) is 112 Å². The number of anilines is 2. The molecule has 0 unspecified atom stereocenters. The van der Waals surface area contributed by atoms with E-state index in [-0.39, 0.29) is 12.4 Å². The fourth-order valence-corrected chi connectivity index (χ4v) is 5.27. The molecule has 0 saturated heterocycles. The molecule has 1 aromatic carbocycles. The maximum Gasteiger partial charge on any atom is 0.227 e. The highest BCUT2D eigenvalue weighted by molar-refractivity contribution is 5.85. The van der Waals surface area contributed by atoms with E-state index < -0.39 is 0 Å². The van der Waals surface area contributed by atoms with E-state index in [1.807, 2.05) is 24.5 Å². The Morgan fingerprint density at radius 3 is 2.51 bits per heavy atom. The second kappa shape index (κ2) is 11.3. The van der Waals surface area contributed by atoms with Gasteiger partial charge in [0.05, 0.1) is 20.5 Å². The molecule has 0 spiro atoms. The molecule has 10 heteroatoms. The molecule has 2 aliphatic rings. The van der Waals surface area contributed by atoms with Crippen molar-refractivity contribution < 1.29 is 9.47 Å². The number of para-hydroxylation sites is 1. The van der Waals surface area contributed by atoms with Crippen LogP contribution >= 0.6 is 12.4 Å². The highest BCUT2D eigenvalue weighted by atomic mass is 35.5. The number of nitrogens with two attached hydrogens (primary N) is 1. The molecule has 0 radical (unpaired) electrons. The van der Waals surface area contributed by atoms with E-state index in [4.69, 9.17) is 30.2 Å². The smallest absolute Gasteiger partial charge is 0.227 e. The summed E-state index contributed by atoms with van der Waals surface area (Å²) in [6, 6.07) is 6.98. The molecule has 0 aliphatic heterocycles. The van der Waals surface area contributed by atoms with Gasteiger partial charge in [0.25, 0.3) is 0 Å². The quantitative estimate of drug-likeness (QED) is 0.408. The summed E-state index contributed by atoms with van der Waals surface area (Å²) in [6.45, 7) is 0.528. The number of fused-ring (bicyclic) bond motifs is 1. The zero-order valence-electron chi connectivity index (χ0n) is 20.5. The molecule has 2 aliphatic carbocycles. The molecule has 2 aromatic heterocycles. The molecule has 190 valence electrons. The van der Waals surface area contributed by atoms with Crippen LogP contribution in [0.3, 0.4) is 0 Å². The minimum absolute atomic E-state index is 0. The van der Waals surface area contributed by atoms with Gasteiger partial charge < -0.3 is 30.4 Å². The normalized spacial score (nSPS) is 20.4. The summed E-state index contributed by atoms with van der Waals surface area (Å²) in [7, 11) is 3.31. The third-order valence-corrected chi connectivity index (χ3v) is 7.18. The lowest BCUT2D eigenvalue weighted by Gasteiger charge is -2.27. The van der Waals surface area contributed by atoms with Gasteiger partial charge in [-0.1, -0.05) is 25.0 Å². The van der Waals surface area contributed by atoms with Crippen molar-refractivity contribution in [1.29, 1.82) is 0 Å². The van der Waals surface area contributed by atoms with Crippen molar-refractivity contribution in [3.05, 3.63) is 30.1 Å².